The molecule has 0 amide bonds. The highest BCUT2D eigenvalue weighted by Gasteiger charge is 2.08. The normalized spacial score (nSPS) is 11.4. The Kier molecular flexibility index (Phi) is 9.58. The van der Waals surface area contributed by atoms with Crippen molar-refractivity contribution in [2.24, 2.45) is 5.16 Å². The minimum atomic E-state index is 0.355. The number of hydrogen-bond acceptors (Lipinski definition) is 6. The summed E-state index contributed by atoms with van der Waals surface area (Å²) < 4.78 is 23.1. The summed E-state index contributed by atoms with van der Waals surface area (Å²) in [5.41, 5.74) is 2.82. The van der Waals surface area contributed by atoms with Gasteiger partial charge in [0, 0.05) is 6.07 Å². The Morgan fingerprint density at radius 2 is 1.57 bits per heavy atom. The van der Waals surface area contributed by atoms with Gasteiger partial charge in [0.25, 0.3) is 0 Å². The Bertz CT molecular complexity index is 837. The van der Waals surface area contributed by atoms with E-state index in [9.17, 15) is 0 Å². The molecule has 0 unspecified atom stereocenters. The number of rotatable bonds is 12. The molecule has 2 aromatic carbocycles. The molecule has 0 aromatic heterocycles. The molecule has 0 saturated carbocycles. The first kappa shape index (κ1) is 23.1. The quantitative estimate of drug-likeness (QED) is 0.209. The SMILES string of the molecule is C/C=C/COc1cc(C)c(OCCOc2cccc(OCC(C)=NOC)c2)c(C)c1. The van der Waals surface area contributed by atoms with E-state index in [1.807, 2.05) is 76.2 Å². The van der Waals surface area contributed by atoms with Crippen LogP contribution in [0.5, 0.6) is 23.0 Å². The fraction of sp³-hybridized carbons (Fsp3) is 0.375. The van der Waals surface area contributed by atoms with Gasteiger partial charge in [0.05, 0.1) is 5.71 Å². The van der Waals surface area contributed by atoms with Crippen molar-refractivity contribution in [3.05, 3.63) is 59.7 Å². The van der Waals surface area contributed by atoms with E-state index in [1.54, 1.807) is 0 Å². The monoisotopic (exact) mass is 413 g/mol. The van der Waals surface area contributed by atoms with Crippen molar-refractivity contribution in [3.8, 4) is 23.0 Å². The van der Waals surface area contributed by atoms with Gasteiger partial charge in [-0.1, -0.05) is 23.4 Å². The summed E-state index contributed by atoms with van der Waals surface area (Å²) in [6, 6.07) is 11.5. The molecule has 0 N–H and O–H groups in total. The van der Waals surface area contributed by atoms with Gasteiger partial charge in [0.15, 0.2) is 0 Å². The maximum Gasteiger partial charge on any atom is 0.129 e. The molecule has 0 atom stereocenters. The topological polar surface area (TPSA) is 58.5 Å². The Morgan fingerprint density at radius 1 is 0.900 bits per heavy atom. The van der Waals surface area contributed by atoms with Crippen molar-refractivity contribution in [1.82, 2.24) is 0 Å². The molecule has 6 heteroatoms. The fourth-order valence-corrected chi connectivity index (χ4v) is 2.79. The van der Waals surface area contributed by atoms with Crippen LogP contribution >= 0.6 is 0 Å². The van der Waals surface area contributed by atoms with E-state index < -0.39 is 0 Å². The van der Waals surface area contributed by atoms with Gasteiger partial charge in [-0.25, -0.2) is 0 Å². The first-order chi connectivity index (χ1) is 14.5. The van der Waals surface area contributed by atoms with E-state index in [2.05, 4.69) is 5.16 Å². The molecule has 2 rings (SSSR count). The highest BCUT2D eigenvalue weighted by Crippen LogP contribution is 2.28. The van der Waals surface area contributed by atoms with Crippen LogP contribution in [0.2, 0.25) is 0 Å². The lowest BCUT2D eigenvalue weighted by molar-refractivity contribution is 0.209. The number of aryl methyl sites for hydroxylation is 2. The number of nitrogens with zero attached hydrogens (tertiary/aromatic N) is 1. The van der Waals surface area contributed by atoms with Gasteiger partial charge < -0.3 is 23.8 Å². The molecule has 0 fully saturated rings. The van der Waals surface area contributed by atoms with E-state index in [0.717, 1.165) is 34.1 Å². The first-order valence-corrected chi connectivity index (χ1v) is 9.93. The number of benzene rings is 2. The largest absolute Gasteiger partial charge is 0.490 e. The van der Waals surface area contributed by atoms with E-state index in [0.29, 0.717) is 32.2 Å². The lowest BCUT2D eigenvalue weighted by atomic mass is 10.1. The molecule has 0 heterocycles. The van der Waals surface area contributed by atoms with Crippen LogP contribution in [0.3, 0.4) is 0 Å². The van der Waals surface area contributed by atoms with Crippen LogP contribution in [0.1, 0.15) is 25.0 Å². The maximum absolute atomic E-state index is 5.95. The Morgan fingerprint density at radius 3 is 2.23 bits per heavy atom. The smallest absolute Gasteiger partial charge is 0.129 e. The highest BCUT2D eigenvalue weighted by atomic mass is 16.6. The van der Waals surface area contributed by atoms with Crippen LogP contribution in [0.15, 0.2) is 53.7 Å². The van der Waals surface area contributed by atoms with E-state index in [1.165, 1.54) is 7.11 Å². The summed E-state index contributed by atoms with van der Waals surface area (Å²) in [5.74, 6) is 3.13. The molecular weight excluding hydrogens is 382 g/mol. The number of oxime groups is 1. The lowest BCUT2D eigenvalue weighted by Crippen LogP contribution is -2.11. The van der Waals surface area contributed by atoms with Crippen LogP contribution in [0, 0.1) is 13.8 Å². The highest BCUT2D eigenvalue weighted by molar-refractivity contribution is 5.82. The minimum absolute atomic E-state index is 0.355. The van der Waals surface area contributed by atoms with Crippen molar-refractivity contribution in [2.75, 3.05) is 33.5 Å². The zero-order chi connectivity index (χ0) is 21.8. The van der Waals surface area contributed by atoms with Crippen molar-refractivity contribution in [2.45, 2.75) is 27.7 Å². The van der Waals surface area contributed by atoms with Gasteiger partial charge in [-0.05, 0) is 63.1 Å². The Balaban J connectivity index is 1.83. The van der Waals surface area contributed by atoms with Gasteiger partial charge in [-0.3, -0.25) is 0 Å². The van der Waals surface area contributed by atoms with E-state index in [-0.39, 0.29) is 0 Å². The van der Waals surface area contributed by atoms with Gasteiger partial charge in [-0.2, -0.15) is 0 Å². The van der Waals surface area contributed by atoms with E-state index >= 15 is 0 Å². The molecule has 6 nitrogen and oxygen atoms in total. The second-order valence-corrected chi connectivity index (χ2v) is 6.74. The predicted octanol–water partition coefficient (Wildman–Crippen LogP) is 5.12. The molecule has 0 spiro atoms. The summed E-state index contributed by atoms with van der Waals surface area (Å²) in [5, 5.41) is 3.82. The summed E-state index contributed by atoms with van der Waals surface area (Å²) in [6.45, 7) is 9.62. The minimum Gasteiger partial charge on any atom is -0.490 e. The summed E-state index contributed by atoms with van der Waals surface area (Å²) in [7, 11) is 1.51. The molecule has 0 aliphatic rings. The number of ether oxygens (including phenoxy) is 4. The lowest BCUT2D eigenvalue weighted by Gasteiger charge is -2.15. The Hall–Kier alpha value is -3.15. The van der Waals surface area contributed by atoms with Gasteiger partial charge in [0.1, 0.15) is 56.5 Å². The van der Waals surface area contributed by atoms with E-state index in [4.69, 9.17) is 23.8 Å². The molecule has 0 aliphatic heterocycles. The van der Waals surface area contributed by atoms with Gasteiger partial charge in [-0.15, -0.1) is 0 Å². The van der Waals surface area contributed by atoms with Crippen LogP contribution in [-0.2, 0) is 4.84 Å². The zero-order valence-corrected chi connectivity index (χ0v) is 18.4. The van der Waals surface area contributed by atoms with Crippen LogP contribution in [0.25, 0.3) is 0 Å². The number of hydrogen-bond donors (Lipinski definition) is 0. The Labute approximate surface area is 179 Å². The standard InChI is InChI=1S/C24H31NO5/c1-6-7-11-27-23-14-18(2)24(19(3)15-23)29-13-12-28-21-9-8-10-22(16-21)30-17-20(4)25-26-5/h6-10,14-16H,11-13,17H2,1-5H3/b7-6+,25-20?. The van der Waals surface area contributed by atoms with Crippen LogP contribution < -0.4 is 18.9 Å². The third-order valence-electron chi connectivity index (χ3n) is 4.11. The molecule has 0 radical (unpaired) electrons. The average molecular weight is 414 g/mol. The molecule has 0 saturated heterocycles. The third kappa shape index (κ3) is 7.70. The molecule has 2 aromatic rings. The molecular formula is C24H31NO5. The van der Waals surface area contributed by atoms with Crippen molar-refractivity contribution >= 4 is 5.71 Å². The molecule has 162 valence electrons. The summed E-state index contributed by atoms with van der Waals surface area (Å²) in [4.78, 5) is 4.72. The molecule has 30 heavy (non-hydrogen) atoms. The van der Waals surface area contributed by atoms with Crippen molar-refractivity contribution < 1.29 is 23.8 Å². The second kappa shape index (κ2) is 12.4. The van der Waals surface area contributed by atoms with Crippen molar-refractivity contribution in [1.29, 1.82) is 0 Å². The van der Waals surface area contributed by atoms with Gasteiger partial charge in [0.2, 0.25) is 0 Å². The molecule has 0 bridgehead atoms. The predicted molar refractivity (Wildman–Crippen MR) is 119 cm³/mol. The molecule has 0 aliphatic carbocycles. The van der Waals surface area contributed by atoms with Crippen LogP contribution in [0.4, 0.5) is 0 Å². The first-order valence-electron chi connectivity index (χ1n) is 9.93. The maximum atomic E-state index is 5.95. The fourth-order valence-electron chi connectivity index (χ4n) is 2.79. The summed E-state index contributed by atoms with van der Waals surface area (Å²) >= 11 is 0. The average Bonchev–Trinajstić information content (AvgIpc) is 2.72. The number of allylic oxidation sites excluding steroid dienone is 1. The third-order valence-corrected chi connectivity index (χ3v) is 4.11. The van der Waals surface area contributed by atoms with Crippen LogP contribution in [-0.4, -0.2) is 39.2 Å². The van der Waals surface area contributed by atoms with Gasteiger partial charge >= 0.3 is 0 Å². The second-order valence-electron chi connectivity index (χ2n) is 6.74. The summed E-state index contributed by atoms with van der Waals surface area (Å²) in [6.07, 6.45) is 3.94. The van der Waals surface area contributed by atoms with Crippen molar-refractivity contribution in [3.63, 3.8) is 0 Å². The zero-order valence-electron chi connectivity index (χ0n) is 18.4.